The number of aromatic amines is 1. The van der Waals surface area contributed by atoms with Gasteiger partial charge in [-0.25, -0.2) is 4.98 Å². The van der Waals surface area contributed by atoms with Crippen molar-refractivity contribution in [2.24, 2.45) is 11.7 Å². The van der Waals surface area contributed by atoms with Gasteiger partial charge in [-0.1, -0.05) is 24.3 Å². The first-order valence-corrected chi connectivity index (χ1v) is 8.93. The number of hydrogen-bond donors (Lipinski definition) is 5. The van der Waals surface area contributed by atoms with Crippen molar-refractivity contribution in [3.8, 4) is 11.3 Å². The predicted molar refractivity (Wildman–Crippen MR) is 102 cm³/mol. The first-order valence-electron chi connectivity index (χ1n) is 8.93. The van der Waals surface area contributed by atoms with Gasteiger partial charge in [0, 0.05) is 23.4 Å². The molecule has 3 rings (SSSR count). The molecule has 146 valence electrons. The molecule has 0 saturated heterocycles. The Morgan fingerprint density at radius 2 is 1.82 bits per heavy atom. The fraction of sp³-hybridized carbons (Fsp3) is 0.316. The highest BCUT2D eigenvalue weighted by molar-refractivity contribution is 5.95. The molecule has 1 aliphatic carbocycles. The third kappa shape index (κ3) is 4.25. The van der Waals surface area contributed by atoms with E-state index >= 15 is 0 Å². The maximum Gasteiger partial charge on any atom is 0.306 e. The number of carboxylic acids is 1. The molecule has 0 unspecified atom stereocenters. The van der Waals surface area contributed by atoms with E-state index in [-0.39, 0.29) is 23.5 Å². The lowest BCUT2D eigenvalue weighted by Crippen LogP contribution is -2.41. The van der Waals surface area contributed by atoms with Gasteiger partial charge in [-0.15, -0.1) is 0 Å². The van der Waals surface area contributed by atoms with E-state index in [1.54, 1.807) is 24.3 Å². The van der Waals surface area contributed by atoms with Crippen LogP contribution in [0.15, 0.2) is 35.3 Å². The molecule has 1 saturated carbocycles. The molecule has 9 heteroatoms. The summed E-state index contributed by atoms with van der Waals surface area (Å²) >= 11 is 0. The van der Waals surface area contributed by atoms with Crippen LogP contribution in [0.25, 0.3) is 11.3 Å². The lowest BCUT2D eigenvalue weighted by molar-refractivity contribution is -0.142. The number of nitrogens with zero attached hydrogens (tertiary/aromatic N) is 1. The Labute approximate surface area is 160 Å². The van der Waals surface area contributed by atoms with E-state index in [4.69, 9.17) is 16.2 Å². The molecule has 0 radical (unpaired) electrons. The maximum atomic E-state index is 12.5. The van der Waals surface area contributed by atoms with Gasteiger partial charge in [0.05, 0.1) is 11.6 Å². The van der Waals surface area contributed by atoms with Crippen molar-refractivity contribution >= 4 is 17.7 Å². The minimum atomic E-state index is -0.814. The third-order valence-corrected chi connectivity index (χ3v) is 4.91. The number of nitrogens with one attached hydrogen (secondary N) is 3. The topological polar surface area (TPSA) is 162 Å². The summed E-state index contributed by atoms with van der Waals surface area (Å²) in [5, 5.41) is 19.2. The molecular weight excluding hydrogens is 362 g/mol. The molecule has 1 fully saturated rings. The Kier molecular flexibility index (Phi) is 5.53. The summed E-state index contributed by atoms with van der Waals surface area (Å²) in [4.78, 5) is 42.3. The van der Waals surface area contributed by atoms with Crippen LogP contribution in [0.4, 0.5) is 0 Å². The van der Waals surface area contributed by atoms with Crippen LogP contribution in [0.1, 0.15) is 41.7 Å². The second kappa shape index (κ2) is 8.03. The molecule has 0 atom stereocenters. The zero-order chi connectivity index (χ0) is 20.3. The van der Waals surface area contributed by atoms with Gasteiger partial charge in [0.25, 0.3) is 11.5 Å². The van der Waals surface area contributed by atoms with Crippen LogP contribution >= 0.6 is 0 Å². The van der Waals surface area contributed by atoms with Gasteiger partial charge in [-0.2, -0.15) is 0 Å². The molecule has 1 heterocycles. The minimum Gasteiger partial charge on any atom is -0.481 e. The minimum absolute atomic E-state index is 0.0568. The largest absolute Gasteiger partial charge is 0.481 e. The smallest absolute Gasteiger partial charge is 0.306 e. The van der Waals surface area contributed by atoms with Crippen LogP contribution in [-0.4, -0.2) is 38.8 Å². The number of benzene rings is 1. The zero-order valence-corrected chi connectivity index (χ0v) is 15.1. The van der Waals surface area contributed by atoms with E-state index in [0.717, 1.165) is 0 Å². The summed E-state index contributed by atoms with van der Waals surface area (Å²) < 4.78 is 0. The highest BCUT2D eigenvalue weighted by Gasteiger charge is 2.27. The van der Waals surface area contributed by atoms with Gasteiger partial charge >= 0.3 is 5.97 Å². The first-order chi connectivity index (χ1) is 13.3. The van der Waals surface area contributed by atoms with Crippen LogP contribution < -0.4 is 16.6 Å². The lowest BCUT2D eigenvalue weighted by Gasteiger charge is -2.26. The molecular formula is C19H21N5O4. The highest BCUT2D eigenvalue weighted by Crippen LogP contribution is 2.24. The zero-order valence-electron chi connectivity index (χ0n) is 15.1. The van der Waals surface area contributed by atoms with Crippen LogP contribution in [0, 0.1) is 11.3 Å². The lowest BCUT2D eigenvalue weighted by atomic mass is 9.86. The number of nitrogens with two attached hydrogens (primary N) is 1. The molecule has 0 spiro atoms. The monoisotopic (exact) mass is 383 g/mol. The van der Waals surface area contributed by atoms with Crippen molar-refractivity contribution in [1.82, 2.24) is 15.3 Å². The third-order valence-electron chi connectivity index (χ3n) is 4.91. The van der Waals surface area contributed by atoms with Gasteiger partial charge < -0.3 is 21.1 Å². The molecule has 6 N–H and O–H groups in total. The SMILES string of the molecule is N=C(N)c1ccc(-c2c[nH]c(=O)c(C(=O)N[C@H]3CC[C@H](C(=O)O)CC3)n2)cc1. The molecule has 1 amide bonds. The number of rotatable bonds is 5. The molecule has 2 aromatic rings. The standard InChI is InChI=1S/C19H21N5O4/c20-16(21)11-3-1-10(2-4-11)14-9-22-17(25)15(24-14)18(26)23-13-7-5-12(6-8-13)19(27)28/h1-4,9,12-13H,5-8H2,(H3,20,21)(H,22,25)(H,23,26)(H,27,28)/t12-,13-. The number of amidine groups is 1. The van der Waals surface area contributed by atoms with Gasteiger partial charge in [0.1, 0.15) is 5.84 Å². The fourth-order valence-corrected chi connectivity index (χ4v) is 3.27. The van der Waals surface area contributed by atoms with Crippen molar-refractivity contribution in [3.05, 3.63) is 52.1 Å². The summed E-state index contributed by atoms with van der Waals surface area (Å²) in [6.45, 7) is 0. The van der Waals surface area contributed by atoms with E-state index in [1.807, 2.05) is 0 Å². The summed E-state index contributed by atoms with van der Waals surface area (Å²) in [5.41, 5.74) is 6.23. The Bertz CT molecular complexity index is 959. The highest BCUT2D eigenvalue weighted by atomic mass is 16.4. The Hall–Kier alpha value is -3.49. The van der Waals surface area contributed by atoms with Crippen molar-refractivity contribution in [1.29, 1.82) is 5.41 Å². The Morgan fingerprint density at radius 1 is 1.18 bits per heavy atom. The van der Waals surface area contributed by atoms with Crippen molar-refractivity contribution in [2.45, 2.75) is 31.7 Å². The number of aliphatic carboxylic acids is 1. The van der Waals surface area contributed by atoms with E-state index < -0.39 is 17.4 Å². The second-order valence-electron chi connectivity index (χ2n) is 6.81. The summed E-state index contributed by atoms with van der Waals surface area (Å²) in [6, 6.07) is 6.54. The van der Waals surface area contributed by atoms with Crippen molar-refractivity contribution in [2.75, 3.05) is 0 Å². The fourth-order valence-electron chi connectivity index (χ4n) is 3.27. The number of carboxylic acid groups (broad SMARTS) is 1. The maximum absolute atomic E-state index is 12.5. The molecule has 1 aliphatic rings. The summed E-state index contributed by atoms with van der Waals surface area (Å²) in [7, 11) is 0. The van der Waals surface area contributed by atoms with E-state index in [0.29, 0.717) is 42.5 Å². The number of amides is 1. The predicted octanol–water partition coefficient (Wildman–Crippen LogP) is 1.09. The number of H-pyrrole nitrogens is 1. The molecule has 9 nitrogen and oxygen atoms in total. The Balaban J connectivity index is 1.74. The quantitative estimate of drug-likeness (QED) is 0.383. The number of hydrogen-bond acceptors (Lipinski definition) is 5. The number of nitrogen functional groups attached to an aromatic ring is 1. The second-order valence-corrected chi connectivity index (χ2v) is 6.81. The van der Waals surface area contributed by atoms with Crippen LogP contribution in [0.2, 0.25) is 0 Å². The molecule has 1 aromatic heterocycles. The van der Waals surface area contributed by atoms with Crippen LogP contribution in [0.3, 0.4) is 0 Å². The molecule has 1 aromatic carbocycles. The number of carbonyl (C=O) groups excluding carboxylic acids is 1. The van der Waals surface area contributed by atoms with Crippen LogP contribution in [0.5, 0.6) is 0 Å². The van der Waals surface area contributed by atoms with Gasteiger partial charge in [0.2, 0.25) is 0 Å². The van der Waals surface area contributed by atoms with Crippen molar-refractivity contribution < 1.29 is 14.7 Å². The average molecular weight is 383 g/mol. The molecule has 0 aliphatic heterocycles. The van der Waals surface area contributed by atoms with Gasteiger partial charge in [0.15, 0.2) is 5.69 Å². The normalized spacial score (nSPS) is 19.0. The number of carbonyl (C=O) groups is 2. The number of aromatic nitrogens is 2. The van der Waals surface area contributed by atoms with E-state index in [9.17, 15) is 14.4 Å². The van der Waals surface area contributed by atoms with Crippen LogP contribution in [-0.2, 0) is 4.79 Å². The molecule has 28 heavy (non-hydrogen) atoms. The molecule has 0 bridgehead atoms. The first kappa shape index (κ1) is 19.3. The van der Waals surface area contributed by atoms with E-state index in [1.165, 1.54) is 6.20 Å². The van der Waals surface area contributed by atoms with Crippen molar-refractivity contribution in [3.63, 3.8) is 0 Å². The summed E-state index contributed by atoms with van der Waals surface area (Å²) in [6.07, 6.45) is 3.50. The van der Waals surface area contributed by atoms with Gasteiger partial charge in [-0.3, -0.25) is 19.8 Å². The average Bonchev–Trinajstić information content (AvgIpc) is 2.68. The Morgan fingerprint density at radius 3 is 2.39 bits per heavy atom. The van der Waals surface area contributed by atoms with E-state index in [2.05, 4.69) is 15.3 Å². The summed E-state index contributed by atoms with van der Waals surface area (Å²) in [5.74, 6) is -1.83. The van der Waals surface area contributed by atoms with Gasteiger partial charge in [-0.05, 0) is 25.7 Å².